The summed E-state index contributed by atoms with van der Waals surface area (Å²) in [5, 5.41) is 5.91. The number of amides is 3. The molecule has 0 aliphatic carbocycles. The molecule has 2 N–H and O–H groups in total. The first kappa shape index (κ1) is 29.8. The molecular formula is C31H29Cl2N3O5. The number of aryl methyl sites for hydroxylation is 1. The predicted molar refractivity (Wildman–Crippen MR) is 160 cm³/mol. The number of benzene rings is 3. The number of carbonyl (C=O) groups is 4. The smallest absolute Gasteiger partial charge is 0.338 e. The highest BCUT2D eigenvalue weighted by atomic mass is 35.5. The molecule has 0 atom stereocenters. The van der Waals surface area contributed by atoms with Crippen LogP contribution in [0.5, 0.6) is 0 Å². The molecule has 41 heavy (non-hydrogen) atoms. The van der Waals surface area contributed by atoms with Crippen molar-refractivity contribution in [2.24, 2.45) is 5.92 Å². The van der Waals surface area contributed by atoms with Gasteiger partial charge in [-0.25, -0.2) is 9.69 Å². The van der Waals surface area contributed by atoms with Gasteiger partial charge in [0.15, 0.2) is 0 Å². The van der Waals surface area contributed by atoms with Crippen LogP contribution in [0.3, 0.4) is 0 Å². The largest absolute Gasteiger partial charge is 0.462 e. The SMILES string of the molecule is Cc1ccc(N2C(=O)C(Cl)=C(Nc3ccc(CC(=O)Nc4ccc(C(=O)OCCC(C)C)cc4)cc3)C2=O)cc1Cl. The number of ether oxygens (including phenoxy) is 1. The zero-order valence-electron chi connectivity index (χ0n) is 22.8. The zero-order valence-corrected chi connectivity index (χ0v) is 24.3. The molecule has 10 heteroatoms. The van der Waals surface area contributed by atoms with Crippen LogP contribution in [0.1, 0.15) is 41.8 Å². The Morgan fingerprint density at radius 2 is 1.56 bits per heavy atom. The second-order valence-corrected chi connectivity index (χ2v) is 10.8. The van der Waals surface area contributed by atoms with E-state index in [2.05, 4.69) is 24.5 Å². The van der Waals surface area contributed by atoms with E-state index in [1.165, 1.54) is 6.07 Å². The summed E-state index contributed by atoms with van der Waals surface area (Å²) in [7, 11) is 0. The molecule has 0 unspecified atom stereocenters. The molecule has 3 amide bonds. The number of hydrogen-bond acceptors (Lipinski definition) is 6. The fourth-order valence-corrected chi connectivity index (χ4v) is 4.36. The number of carbonyl (C=O) groups excluding carboxylic acids is 4. The molecule has 3 aromatic carbocycles. The second kappa shape index (κ2) is 13.0. The van der Waals surface area contributed by atoms with E-state index in [4.69, 9.17) is 27.9 Å². The van der Waals surface area contributed by atoms with Crippen molar-refractivity contribution < 1.29 is 23.9 Å². The van der Waals surface area contributed by atoms with Crippen molar-refractivity contribution in [1.82, 2.24) is 0 Å². The molecule has 0 aromatic heterocycles. The molecule has 1 aliphatic heterocycles. The van der Waals surface area contributed by atoms with Crippen LogP contribution in [0.25, 0.3) is 0 Å². The quantitative estimate of drug-likeness (QED) is 0.206. The summed E-state index contributed by atoms with van der Waals surface area (Å²) >= 11 is 12.4. The molecule has 0 saturated heterocycles. The average molecular weight is 594 g/mol. The minimum absolute atomic E-state index is 0.0499. The number of halogens is 2. The first-order valence-electron chi connectivity index (χ1n) is 13.0. The molecule has 3 aromatic rings. The Hall–Kier alpha value is -4.14. The van der Waals surface area contributed by atoms with Crippen molar-refractivity contribution >= 4 is 64.0 Å². The summed E-state index contributed by atoms with van der Waals surface area (Å²) in [6, 6.07) is 18.2. The van der Waals surface area contributed by atoms with E-state index in [0.717, 1.165) is 22.4 Å². The van der Waals surface area contributed by atoms with Gasteiger partial charge < -0.3 is 15.4 Å². The zero-order chi connectivity index (χ0) is 29.7. The maximum absolute atomic E-state index is 13.0. The van der Waals surface area contributed by atoms with Crippen molar-refractivity contribution in [2.75, 3.05) is 22.1 Å². The molecule has 0 radical (unpaired) electrons. The minimum atomic E-state index is -0.650. The fraction of sp³-hybridized carbons (Fsp3) is 0.226. The number of rotatable bonds is 10. The van der Waals surface area contributed by atoms with Gasteiger partial charge in [0.2, 0.25) is 5.91 Å². The standard InChI is InChI=1S/C31H29Cl2N3O5/c1-18(2)14-15-41-31(40)21-7-11-22(12-8-21)34-26(37)16-20-5-9-23(10-6-20)35-28-27(33)29(38)36(30(28)39)24-13-4-19(3)25(32)17-24/h4-13,17-18,35H,14-16H2,1-3H3,(H,34,37). The highest BCUT2D eigenvalue weighted by Gasteiger charge is 2.39. The van der Waals surface area contributed by atoms with Crippen molar-refractivity contribution in [3.8, 4) is 0 Å². The summed E-state index contributed by atoms with van der Waals surface area (Å²) in [5.74, 6) is -1.44. The maximum Gasteiger partial charge on any atom is 0.338 e. The number of nitrogens with zero attached hydrogens (tertiary/aromatic N) is 1. The number of hydrogen-bond donors (Lipinski definition) is 2. The minimum Gasteiger partial charge on any atom is -0.462 e. The lowest BCUT2D eigenvalue weighted by molar-refractivity contribution is -0.120. The number of esters is 1. The number of nitrogens with one attached hydrogen (secondary N) is 2. The van der Waals surface area contributed by atoms with Gasteiger partial charge in [-0.1, -0.05) is 55.2 Å². The maximum atomic E-state index is 13.0. The van der Waals surface area contributed by atoms with Crippen LogP contribution in [0.15, 0.2) is 77.5 Å². The highest BCUT2D eigenvalue weighted by Crippen LogP contribution is 2.32. The Morgan fingerprint density at radius 1 is 0.902 bits per heavy atom. The molecule has 212 valence electrons. The Kier molecular flexibility index (Phi) is 9.47. The second-order valence-electron chi connectivity index (χ2n) is 10.0. The first-order valence-corrected chi connectivity index (χ1v) is 13.8. The van der Waals surface area contributed by atoms with Gasteiger partial charge in [-0.05, 0) is 78.9 Å². The lowest BCUT2D eigenvalue weighted by atomic mass is 10.1. The topological polar surface area (TPSA) is 105 Å². The van der Waals surface area contributed by atoms with Gasteiger partial charge in [0.25, 0.3) is 11.8 Å². The summed E-state index contributed by atoms with van der Waals surface area (Å²) in [6.07, 6.45) is 0.894. The average Bonchev–Trinajstić information content (AvgIpc) is 3.14. The van der Waals surface area contributed by atoms with Crippen LogP contribution in [0, 0.1) is 12.8 Å². The lowest BCUT2D eigenvalue weighted by Crippen LogP contribution is -2.32. The predicted octanol–water partition coefficient (Wildman–Crippen LogP) is 6.47. The number of anilines is 3. The third-order valence-electron chi connectivity index (χ3n) is 6.36. The van der Waals surface area contributed by atoms with E-state index in [1.54, 1.807) is 60.7 Å². The molecule has 8 nitrogen and oxygen atoms in total. The molecule has 1 aliphatic rings. The van der Waals surface area contributed by atoms with Gasteiger partial charge in [-0.15, -0.1) is 0 Å². The van der Waals surface area contributed by atoms with E-state index in [9.17, 15) is 19.2 Å². The summed E-state index contributed by atoms with van der Waals surface area (Å²) in [5.41, 5.74) is 3.30. The Bertz CT molecular complexity index is 1520. The molecule has 0 spiro atoms. The van der Waals surface area contributed by atoms with Gasteiger partial charge in [-0.3, -0.25) is 14.4 Å². The molecule has 0 fully saturated rings. The van der Waals surface area contributed by atoms with Crippen LogP contribution in [0.2, 0.25) is 5.02 Å². The Balaban J connectivity index is 1.32. The van der Waals surface area contributed by atoms with Crippen LogP contribution in [-0.2, 0) is 25.5 Å². The summed E-state index contributed by atoms with van der Waals surface area (Å²) in [4.78, 5) is 51.4. The Labute approximate surface area is 248 Å². The van der Waals surface area contributed by atoms with Crippen LogP contribution in [-0.4, -0.2) is 30.3 Å². The van der Waals surface area contributed by atoms with Gasteiger partial charge in [0.1, 0.15) is 10.7 Å². The normalized spacial score (nSPS) is 13.2. The van der Waals surface area contributed by atoms with E-state index in [0.29, 0.717) is 40.2 Å². The molecular weight excluding hydrogens is 565 g/mol. The molecule has 1 heterocycles. The van der Waals surface area contributed by atoms with Gasteiger partial charge >= 0.3 is 5.97 Å². The van der Waals surface area contributed by atoms with Crippen molar-refractivity contribution in [3.63, 3.8) is 0 Å². The van der Waals surface area contributed by atoms with Gasteiger partial charge in [-0.2, -0.15) is 0 Å². The molecule has 4 rings (SSSR count). The third-order valence-corrected chi connectivity index (χ3v) is 7.12. The Morgan fingerprint density at radius 3 is 2.20 bits per heavy atom. The molecule has 0 bridgehead atoms. The first-order chi connectivity index (χ1) is 19.5. The van der Waals surface area contributed by atoms with Crippen molar-refractivity contribution in [1.29, 1.82) is 0 Å². The number of imide groups is 1. The highest BCUT2D eigenvalue weighted by molar-refractivity contribution is 6.53. The van der Waals surface area contributed by atoms with E-state index in [1.807, 2.05) is 6.92 Å². The fourth-order valence-electron chi connectivity index (χ4n) is 3.97. The summed E-state index contributed by atoms with van der Waals surface area (Å²) < 4.78 is 5.26. The third kappa shape index (κ3) is 7.34. The van der Waals surface area contributed by atoms with Crippen LogP contribution in [0.4, 0.5) is 17.1 Å². The van der Waals surface area contributed by atoms with Gasteiger partial charge in [0.05, 0.1) is 24.3 Å². The van der Waals surface area contributed by atoms with Gasteiger partial charge in [0, 0.05) is 16.4 Å². The lowest BCUT2D eigenvalue weighted by Gasteiger charge is -2.16. The summed E-state index contributed by atoms with van der Waals surface area (Å²) in [6.45, 7) is 6.30. The van der Waals surface area contributed by atoms with E-state index < -0.39 is 17.8 Å². The van der Waals surface area contributed by atoms with E-state index >= 15 is 0 Å². The monoisotopic (exact) mass is 593 g/mol. The van der Waals surface area contributed by atoms with Crippen LogP contribution < -0.4 is 15.5 Å². The van der Waals surface area contributed by atoms with Crippen LogP contribution >= 0.6 is 23.2 Å². The van der Waals surface area contributed by atoms with Crippen molar-refractivity contribution in [2.45, 2.75) is 33.6 Å². The van der Waals surface area contributed by atoms with Crippen molar-refractivity contribution in [3.05, 3.63) is 99.2 Å². The molecule has 0 saturated carbocycles. The van der Waals surface area contributed by atoms with E-state index in [-0.39, 0.29) is 23.1 Å².